The van der Waals surface area contributed by atoms with E-state index in [-0.39, 0.29) is 17.6 Å². The summed E-state index contributed by atoms with van der Waals surface area (Å²) in [5, 5.41) is 0. The van der Waals surface area contributed by atoms with Gasteiger partial charge in [-0.25, -0.2) is 0 Å². The zero-order valence-corrected chi connectivity index (χ0v) is 19.6. The van der Waals surface area contributed by atoms with E-state index in [1.165, 1.54) is 0 Å². The van der Waals surface area contributed by atoms with Crippen LogP contribution in [0.3, 0.4) is 0 Å². The molecule has 4 rings (SSSR count). The van der Waals surface area contributed by atoms with Crippen molar-refractivity contribution in [3.63, 3.8) is 0 Å². The van der Waals surface area contributed by atoms with E-state index in [0.29, 0.717) is 24.5 Å². The molecule has 2 aliphatic rings. The van der Waals surface area contributed by atoms with E-state index in [1.54, 1.807) is 38.1 Å². The molecule has 0 N–H and O–H groups in total. The Balaban J connectivity index is 1.22. The van der Waals surface area contributed by atoms with E-state index in [4.69, 9.17) is 18.9 Å². The largest absolute Gasteiger partial charge is 0.490 e. The monoisotopic (exact) mass is 464 g/mol. The normalized spacial score (nSPS) is 27.9. The number of rotatable bonds is 7. The zero-order chi connectivity index (χ0) is 24.0. The Morgan fingerprint density at radius 2 is 1.15 bits per heavy atom. The number of benzene rings is 2. The summed E-state index contributed by atoms with van der Waals surface area (Å²) < 4.78 is 61.5. The molecule has 0 amide bonds. The molecule has 0 aromatic heterocycles. The van der Waals surface area contributed by atoms with Crippen LogP contribution in [0.25, 0.3) is 0 Å². The van der Waals surface area contributed by atoms with Crippen molar-refractivity contribution in [3.05, 3.63) is 59.7 Å². The van der Waals surface area contributed by atoms with Crippen molar-refractivity contribution in [2.45, 2.75) is 65.2 Å². The molecule has 2 aromatic rings. The predicted octanol–water partition coefficient (Wildman–Crippen LogP) is 6.66. The van der Waals surface area contributed by atoms with Crippen LogP contribution in [0.1, 0.15) is 58.0 Å². The summed E-state index contributed by atoms with van der Waals surface area (Å²) in [7, 11) is 0. The lowest BCUT2D eigenvalue weighted by Crippen LogP contribution is -2.57. The maximum Gasteiger partial charge on any atom is 0.415 e. The fourth-order valence-corrected chi connectivity index (χ4v) is 4.56. The second kappa shape index (κ2) is 8.51. The van der Waals surface area contributed by atoms with Gasteiger partial charge in [0, 0.05) is 10.8 Å². The number of ether oxygens (including phenoxy) is 4. The van der Waals surface area contributed by atoms with E-state index in [1.807, 2.05) is 24.3 Å². The molecule has 180 valence electrons. The van der Waals surface area contributed by atoms with Gasteiger partial charge in [0.15, 0.2) is 6.10 Å². The molecule has 0 bridgehead atoms. The molecule has 0 radical (unpaired) electrons. The summed E-state index contributed by atoms with van der Waals surface area (Å²) in [6.45, 7) is 10.4. The fraction of sp³-hybridized carbons (Fsp3) is 0.538. The van der Waals surface area contributed by atoms with Gasteiger partial charge in [-0.2, -0.15) is 13.2 Å². The van der Waals surface area contributed by atoms with Crippen LogP contribution in [0.5, 0.6) is 11.5 Å². The van der Waals surface area contributed by atoms with Gasteiger partial charge in [0.05, 0.1) is 18.3 Å². The Morgan fingerprint density at radius 1 is 0.727 bits per heavy atom. The molecule has 2 heterocycles. The summed E-state index contributed by atoms with van der Waals surface area (Å²) >= 11 is 0. The van der Waals surface area contributed by atoms with Gasteiger partial charge in [0.25, 0.3) is 0 Å². The minimum atomic E-state index is -4.36. The third-order valence-electron chi connectivity index (χ3n) is 6.97. The summed E-state index contributed by atoms with van der Waals surface area (Å²) in [6.07, 6.45) is -6.35. The summed E-state index contributed by atoms with van der Waals surface area (Å²) in [4.78, 5) is 0. The lowest BCUT2D eigenvalue weighted by atomic mass is 9.72. The molecule has 7 heteroatoms. The molecule has 2 fully saturated rings. The molecule has 33 heavy (non-hydrogen) atoms. The van der Waals surface area contributed by atoms with Gasteiger partial charge in [0.2, 0.25) is 0 Å². The first kappa shape index (κ1) is 23.9. The number of hydrogen-bond acceptors (Lipinski definition) is 4. The molecular weight excluding hydrogens is 433 g/mol. The molecular formula is C26H31F3O4. The van der Waals surface area contributed by atoms with Gasteiger partial charge >= 0.3 is 6.18 Å². The fourth-order valence-electron chi connectivity index (χ4n) is 4.56. The minimum Gasteiger partial charge on any atom is -0.490 e. The van der Waals surface area contributed by atoms with Crippen LogP contribution >= 0.6 is 0 Å². The van der Waals surface area contributed by atoms with Crippen LogP contribution < -0.4 is 9.47 Å². The SMILES string of the molecule is CC1OC(c2ccc(OCCOc3ccc(C4OC(C(F)(F)F)C4(C)C)cc3)cc2)C1(C)C. The van der Waals surface area contributed by atoms with Crippen molar-refractivity contribution >= 4 is 0 Å². The third-order valence-corrected chi connectivity index (χ3v) is 6.97. The summed E-state index contributed by atoms with van der Waals surface area (Å²) in [5.41, 5.74) is 0.953. The van der Waals surface area contributed by atoms with Gasteiger partial charge < -0.3 is 18.9 Å². The van der Waals surface area contributed by atoms with E-state index < -0.39 is 23.8 Å². The van der Waals surface area contributed by atoms with Crippen molar-refractivity contribution in [2.24, 2.45) is 10.8 Å². The number of alkyl halides is 3. The molecule has 4 atom stereocenters. The van der Waals surface area contributed by atoms with E-state index >= 15 is 0 Å². The van der Waals surface area contributed by atoms with Gasteiger partial charge in [-0.15, -0.1) is 0 Å². The lowest BCUT2D eigenvalue weighted by Gasteiger charge is -2.52. The van der Waals surface area contributed by atoms with Gasteiger partial charge in [0.1, 0.15) is 24.7 Å². The molecule has 4 unspecified atom stereocenters. The maximum atomic E-state index is 13.0. The average molecular weight is 465 g/mol. The maximum absolute atomic E-state index is 13.0. The first-order chi connectivity index (χ1) is 15.4. The van der Waals surface area contributed by atoms with E-state index in [0.717, 1.165) is 11.3 Å². The molecule has 0 aliphatic carbocycles. The second-order valence-electron chi connectivity index (χ2n) is 10.1. The van der Waals surface area contributed by atoms with Crippen LogP contribution in [0, 0.1) is 10.8 Å². The van der Waals surface area contributed by atoms with Crippen molar-refractivity contribution in [1.29, 1.82) is 0 Å². The first-order valence-electron chi connectivity index (χ1n) is 11.2. The smallest absolute Gasteiger partial charge is 0.415 e. The van der Waals surface area contributed by atoms with Crippen LogP contribution in [-0.2, 0) is 9.47 Å². The van der Waals surface area contributed by atoms with Crippen LogP contribution in [-0.4, -0.2) is 31.6 Å². The Hall–Kier alpha value is -2.25. The standard InChI is InChI=1S/C26H31F3O4/c1-16-24(2,3)21(32-16)17-6-10-19(11-7-17)30-14-15-31-20-12-8-18(9-13-20)22-25(4,5)23(33-22)26(27,28)29/h6-13,16,21-23H,14-15H2,1-5H3. The van der Waals surface area contributed by atoms with Crippen molar-refractivity contribution in [3.8, 4) is 11.5 Å². The predicted molar refractivity (Wildman–Crippen MR) is 118 cm³/mol. The number of halogens is 3. The van der Waals surface area contributed by atoms with E-state index in [9.17, 15) is 13.2 Å². The molecule has 0 saturated carbocycles. The van der Waals surface area contributed by atoms with Gasteiger partial charge in [-0.3, -0.25) is 0 Å². The highest BCUT2D eigenvalue weighted by molar-refractivity contribution is 5.32. The highest BCUT2D eigenvalue weighted by atomic mass is 19.4. The zero-order valence-electron chi connectivity index (χ0n) is 19.6. The van der Waals surface area contributed by atoms with Gasteiger partial charge in [-0.05, 0) is 42.3 Å². The van der Waals surface area contributed by atoms with Crippen molar-refractivity contribution in [1.82, 2.24) is 0 Å². The van der Waals surface area contributed by atoms with Crippen LogP contribution in [0.4, 0.5) is 13.2 Å². The Bertz CT molecular complexity index is 951. The Labute approximate surface area is 193 Å². The molecule has 2 aliphatic heterocycles. The summed E-state index contributed by atoms with van der Waals surface area (Å²) in [6, 6.07) is 14.9. The van der Waals surface area contributed by atoms with Gasteiger partial charge in [-0.1, -0.05) is 52.0 Å². The third kappa shape index (κ3) is 4.58. The van der Waals surface area contributed by atoms with Crippen molar-refractivity contribution in [2.75, 3.05) is 13.2 Å². The summed E-state index contributed by atoms with van der Waals surface area (Å²) in [5.74, 6) is 1.38. The van der Waals surface area contributed by atoms with Crippen LogP contribution in [0.2, 0.25) is 0 Å². The quantitative estimate of drug-likeness (QED) is 0.430. The Kier molecular flexibility index (Phi) is 6.16. The average Bonchev–Trinajstić information content (AvgIpc) is 2.75. The molecule has 2 aromatic carbocycles. The highest BCUT2D eigenvalue weighted by Gasteiger charge is 2.62. The molecule has 0 spiro atoms. The highest BCUT2D eigenvalue weighted by Crippen LogP contribution is 2.56. The molecule has 4 nitrogen and oxygen atoms in total. The Morgan fingerprint density at radius 3 is 1.48 bits per heavy atom. The number of hydrogen-bond donors (Lipinski definition) is 0. The lowest BCUT2D eigenvalue weighted by molar-refractivity contribution is -0.351. The second-order valence-corrected chi connectivity index (χ2v) is 10.1. The molecule has 2 saturated heterocycles. The first-order valence-corrected chi connectivity index (χ1v) is 11.2. The minimum absolute atomic E-state index is 0.100. The van der Waals surface area contributed by atoms with Crippen LogP contribution in [0.15, 0.2) is 48.5 Å². The topological polar surface area (TPSA) is 36.9 Å². The van der Waals surface area contributed by atoms with Crippen molar-refractivity contribution < 1.29 is 32.1 Å². The van der Waals surface area contributed by atoms with E-state index in [2.05, 4.69) is 20.8 Å².